The van der Waals surface area contributed by atoms with Crippen molar-refractivity contribution < 1.29 is 29.5 Å². The van der Waals surface area contributed by atoms with Gasteiger partial charge in [-0.05, 0) is 11.1 Å². The number of carbonyl (C=O) groups excluding carboxylic acids is 2. The maximum Gasteiger partial charge on any atom is 0.408 e. The van der Waals surface area contributed by atoms with E-state index in [1.54, 1.807) is 24.3 Å². The average Bonchev–Trinajstić information content (AvgIpc) is 2.76. The summed E-state index contributed by atoms with van der Waals surface area (Å²) in [4.78, 5) is 36.9. The Labute approximate surface area is 172 Å². The number of alkyl carbamates (subject to hydrolysis) is 1. The molecule has 1 atom stereocenters. The molecule has 2 rings (SSSR count). The number of benzene rings is 2. The number of rotatable bonds is 10. The van der Waals surface area contributed by atoms with E-state index in [0.717, 1.165) is 10.5 Å². The fraction of sp³-hybridized carbons (Fsp3) is 0.300. The number of hydrogen-bond acceptors (Lipinski definition) is 7. The minimum Gasteiger partial charge on any atom is -0.445 e. The van der Waals surface area contributed by atoms with Crippen LogP contribution in [0.15, 0.2) is 54.6 Å². The summed E-state index contributed by atoms with van der Waals surface area (Å²) in [6.45, 7) is -0.895. The maximum absolute atomic E-state index is 13.0. The van der Waals surface area contributed by atoms with E-state index in [-0.39, 0.29) is 44.2 Å². The second-order valence-electron chi connectivity index (χ2n) is 6.26. The third kappa shape index (κ3) is 6.54. The first kappa shape index (κ1) is 22.8. The Bertz CT molecular complexity index is 854. The van der Waals surface area contributed by atoms with Gasteiger partial charge in [0.05, 0.1) is 18.1 Å². The SMILES string of the molecule is O=C(N[C@@H](C(=O)N(CCO)CCO)c1cccc([N+](=O)[O-])c1)OCc1ccccc1. The summed E-state index contributed by atoms with van der Waals surface area (Å²) in [5.41, 5.74) is 0.667. The lowest BCUT2D eigenvalue weighted by Gasteiger charge is -2.27. The first-order valence-electron chi connectivity index (χ1n) is 9.18. The van der Waals surface area contributed by atoms with Crippen LogP contribution in [0.1, 0.15) is 17.2 Å². The third-order valence-electron chi connectivity index (χ3n) is 4.19. The smallest absolute Gasteiger partial charge is 0.408 e. The van der Waals surface area contributed by atoms with Gasteiger partial charge in [0.25, 0.3) is 5.69 Å². The fourth-order valence-electron chi connectivity index (χ4n) is 2.74. The van der Waals surface area contributed by atoms with E-state index < -0.39 is 23.0 Å². The molecule has 0 saturated carbocycles. The summed E-state index contributed by atoms with van der Waals surface area (Å²) in [5.74, 6) is -0.643. The van der Waals surface area contributed by atoms with Gasteiger partial charge in [0, 0.05) is 25.2 Å². The van der Waals surface area contributed by atoms with Gasteiger partial charge in [-0.2, -0.15) is 0 Å². The molecule has 0 fully saturated rings. The second kappa shape index (κ2) is 11.5. The van der Waals surface area contributed by atoms with Crippen molar-refractivity contribution in [1.82, 2.24) is 10.2 Å². The number of non-ortho nitro benzene ring substituents is 1. The van der Waals surface area contributed by atoms with E-state index >= 15 is 0 Å². The lowest BCUT2D eigenvalue weighted by Crippen LogP contribution is -2.45. The van der Waals surface area contributed by atoms with Crippen LogP contribution in [0, 0.1) is 10.1 Å². The Morgan fingerprint density at radius 1 is 1.07 bits per heavy atom. The molecule has 10 nitrogen and oxygen atoms in total. The van der Waals surface area contributed by atoms with Crippen LogP contribution in [0.3, 0.4) is 0 Å². The molecule has 0 bridgehead atoms. The maximum atomic E-state index is 13.0. The van der Waals surface area contributed by atoms with Gasteiger partial charge in [-0.3, -0.25) is 14.9 Å². The Kier molecular flexibility index (Phi) is 8.73. The summed E-state index contributed by atoms with van der Waals surface area (Å²) < 4.78 is 5.15. The second-order valence-corrected chi connectivity index (χ2v) is 6.26. The lowest BCUT2D eigenvalue weighted by atomic mass is 10.0. The predicted octanol–water partition coefficient (Wildman–Crippen LogP) is 1.38. The number of ether oxygens (including phenoxy) is 1. The molecule has 160 valence electrons. The van der Waals surface area contributed by atoms with Crippen LogP contribution >= 0.6 is 0 Å². The molecule has 0 spiro atoms. The molecule has 0 aliphatic heterocycles. The molecular formula is C20H23N3O7. The van der Waals surface area contributed by atoms with Crippen molar-refractivity contribution in [3.05, 3.63) is 75.8 Å². The summed E-state index contributed by atoms with van der Waals surface area (Å²) in [7, 11) is 0. The van der Waals surface area contributed by atoms with Crippen LogP contribution in [0.4, 0.5) is 10.5 Å². The topological polar surface area (TPSA) is 142 Å². The van der Waals surface area contributed by atoms with Crippen LogP contribution in [-0.2, 0) is 16.1 Å². The quantitative estimate of drug-likeness (QED) is 0.391. The van der Waals surface area contributed by atoms with Crippen molar-refractivity contribution in [2.75, 3.05) is 26.3 Å². The zero-order chi connectivity index (χ0) is 21.9. The Morgan fingerprint density at radius 2 is 1.73 bits per heavy atom. The number of nitro groups is 1. The molecule has 2 amide bonds. The molecule has 0 heterocycles. The van der Waals surface area contributed by atoms with E-state index in [0.29, 0.717) is 0 Å². The van der Waals surface area contributed by atoms with Crippen molar-refractivity contribution in [3.63, 3.8) is 0 Å². The van der Waals surface area contributed by atoms with Gasteiger partial charge in [0.15, 0.2) is 0 Å². The highest BCUT2D eigenvalue weighted by atomic mass is 16.6. The molecule has 2 aromatic carbocycles. The zero-order valence-electron chi connectivity index (χ0n) is 16.1. The summed E-state index contributed by atoms with van der Waals surface area (Å²) in [6, 6.07) is 12.9. The minimum absolute atomic E-state index is 0.0283. The Morgan fingerprint density at radius 3 is 2.33 bits per heavy atom. The minimum atomic E-state index is -1.30. The number of nitro benzene ring substituents is 1. The highest BCUT2D eigenvalue weighted by Gasteiger charge is 2.29. The molecule has 30 heavy (non-hydrogen) atoms. The number of carbonyl (C=O) groups is 2. The molecule has 0 radical (unpaired) electrons. The van der Waals surface area contributed by atoms with E-state index in [4.69, 9.17) is 4.74 Å². The Hall–Kier alpha value is -3.50. The molecule has 10 heteroatoms. The summed E-state index contributed by atoms with van der Waals surface area (Å²) >= 11 is 0. The highest BCUT2D eigenvalue weighted by Crippen LogP contribution is 2.21. The number of nitrogens with one attached hydrogen (secondary N) is 1. The van der Waals surface area contributed by atoms with Crippen LogP contribution in [0.25, 0.3) is 0 Å². The number of amides is 2. The summed E-state index contributed by atoms with van der Waals surface area (Å²) in [5, 5.41) is 31.9. The standard InChI is InChI=1S/C20H23N3O7/c24-11-9-22(10-12-25)19(26)18(16-7-4-8-17(13-16)23(28)29)21-20(27)30-14-15-5-2-1-3-6-15/h1-8,13,18,24-25H,9-12,14H2,(H,21,27)/t18-/m1/s1. The molecule has 0 aromatic heterocycles. The van der Waals surface area contributed by atoms with Crippen molar-refractivity contribution >= 4 is 17.7 Å². The van der Waals surface area contributed by atoms with Crippen molar-refractivity contribution in [1.29, 1.82) is 0 Å². The molecule has 0 aliphatic rings. The number of aliphatic hydroxyl groups is 2. The third-order valence-corrected chi connectivity index (χ3v) is 4.19. The van der Waals surface area contributed by atoms with Crippen LogP contribution in [0.2, 0.25) is 0 Å². The van der Waals surface area contributed by atoms with Gasteiger partial charge in [0.1, 0.15) is 12.6 Å². The number of nitrogens with zero attached hydrogens (tertiary/aromatic N) is 2. The average molecular weight is 417 g/mol. The van der Waals surface area contributed by atoms with E-state index in [1.165, 1.54) is 24.3 Å². The molecule has 0 unspecified atom stereocenters. The number of aliphatic hydroxyl groups excluding tert-OH is 2. The first-order chi connectivity index (χ1) is 14.5. The van der Waals surface area contributed by atoms with Gasteiger partial charge >= 0.3 is 6.09 Å². The normalized spacial score (nSPS) is 11.4. The zero-order valence-corrected chi connectivity index (χ0v) is 16.1. The molecular weight excluding hydrogens is 394 g/mol. The molecule has 3 N–H and O–H groups in total. The van der Waals surface area contributed by atoms with Gasteiger partial charge in [-0.1, -0.05) is 42.5 Å². The molecule has 0 saturated heterocycles. The van der Waals surface area contributed by atoms with Gasteiger partial charge < -0.3 is 25.2 Å². The predicted molar refractivity (Wildman–Crippen MR) is 106 cm³/mol. The number of hydrogen-bond donors (Lipinski definition) is 3. The lowest BCUT2D eigenvalue weighted by molar-refractivity contribution is -0.384. The fourth-order valence-corrected chi connectivity index (χ4v) is 2.74. The van der Waals surface area contributed by atoms with Crippen molar-refractivity contribution in [3.8, 4) is 0 Å². The first-order valence-corrected chi connectivity index (χ1v) is 9.18. The van der Waals surface area contributed by atoms with Crippen molar-refractivity contribution in [2.24, 2.45) is 0 Å². The monoisotopic (exact) mass is 417 g/mol. The largest absolute Gasteiger partial charge is 0.445 e. The Balaban J connectivity index is 2.23. The highest BCUT2D eigenvalue weighted by molar-refractivity contribution is 5.87. The van der Waals surface area contributed by atoms with E-state index in [2.05, 4.69) is 5.32 Å². The van der Waals surface area contributed by atoms with E-state index in [9.17, 15) is 29.9 Å². The van der Waals surface area contributed by atoms with E-state index in [1.807, 2.05) is 6.07 Å². The van der Waals surface area contributed by atoms with Gasteiger partial charge in [-0.25, -0.2) is 4.79 Å². The molecule has 2 aromatic rings. The summed E-state index contributed by atoms with van der Waals surface area (Å²) in [6.07, 6.45) is -0.892. The van der Waals surface area contributed by atoms with Gasteiger partial charge in [-0.15, -0.1) is 0 Å². The molecule has 0 aliphatic carbocycles. The van der Waals surface area contributed by atoms with Crippen LogP contribution in [-0.4, -0.2) is 58.3 Å². The van der Waals surface area contributed by atoms with Crippen molar-refractivity contribution in [2.45, 2.75) is 12.6 Å². The van der Waals surface area contributed by atoms with Crippen LogP contribution in [0.5, 0.6) is 0 Å². The van der Waals surface area contributed by atoms with Crippen LogP contribution < -0.4 is 5.32 Å². The van der Waals surface area contributed by atoms with Gasteiger partial charge in [0.2, 0.25) is 5.91 Å².